The van der Waals surface area contributed by atoms with Gasteiger partial charge in [0.25, 0.3) is 0 Å². The summed E-state index contributed by atoms with van der Waals surface area (Å²) in [4.78, 5) is 4.73. The molecule has 0 radical (unpaired) electrons. The van der Waals surface area contributed by atoms with Gasteiger partial charge in [-0.05, 0) is 40.0 Å². The van der Waals surface area contributed by atoms with Crippen molar-refractivity contribution in [2.75, 3.05) is 6.61 Å². The summed E-state index contributed by atoms with van der Waals surface area (Å²) in [6, 6.07) is 0.463. The summed E-state index contributed by atoms with van der Waals surface area (Å²) < 4.78 is 5.83. The fraction of sp³-hybridized carbons (Fsp3) is 0.786. The first-order chi connectivity index (χ1) is 8.55. The van der Waals surface area contributed by atoms with Crippen molar-refractivity contribution in [1.82, 2.24) is 10.3 Å². The Balaban J connectivity index is 2.27. The third kappa shape index (κ3) is 2.92. The molecular formula is C14H24N2OS. The molecular weight excluding hydrogens is 244 g/mol. The topological polar surface area (TPSA) is 34.2 Å². The lowest BCUT2D eigenvalue weighted by molar-refractivity contribution is -0.0346. The number of ether oxygens (including phenoxy) is 1. The van der Waals surface area contributed by atoms with Gasteiger partial charge in [-0.25, -0.2) is 4.98 Å². The summed E-state index contributed by atoms with van der Waals surface area (Å²) in [5.74, 6) is 0. The third-order valence-corrected chi connectivity index (χ3v) is 4.67. The average Bonchev–Trinajstić information content (AvgIpc) is 2.76. The standard InChI is InChI=1S/C14H24N2OS/c1-5-12-8-14(6-7-17-12,16-10(2)3)13-15-11(4)9-18-13/h9-10,12,16H,5-8H2,1-4H3. The molecule has 1 aliphatic rings. The van der Waals surface area contributed by atoms with E-state index in [1.807, 2.05) is 0 Å². The molecule has 0 spiro atoms. The Labute approximate surface area is 114 Å². The lowest BCUT2D eigenvalue weighted by Gasteiger charge is -2.41. The van der Waals surface area contributed by atoms with E-state index in [0.29, 0.717) is 12.1 Å². The van der Waals surface area contributed by atoms with Crippen LogP contribution >= 0.6 is 11.3 Å². The van der Waals surface area contributed by atoms with Crippen molar-refractivity contribution in [1.29, 1.82) is 0 Å². The summed E-state index contributed by atoms with van der Waals surface area (Å²) in [7, 11) is 0. The number of hydrogen-bond acceptors (Lipinski definition) is 4. The Morgan fingerprint density at radius 2 is 2.39 bits per heavy atom. The van der Waals surface area contributed by atoms with Crippen LogP contribution in [0, 0.1) is 6.92 Å². The molecule has 1 saturated heterocycles. The van der Waals surface area contributed by atoms with Gasteiger partial charge in [0.1, 0.15) is 5.01 Å². The monoisotopic (exact) mass is 268 g/mol. The first kappa shape index (κ1) is 14.0. The fourth-order valence-electron chi connectivity index (χ4n) is 2.73. The van der Waals surface area contributed by atoms with Crippen molar-refractivity contribution < 1.29 is 4.74 Å². The van der Waals surface area contributed by atoms with Gasteiger partial charge >= 0.3 is 0 Å². The van der Waals surface area contributed by atoms with Gasteiger partial charge in [-0.15, -0.1) is 11.3 Å². The molecule has 0 aromatic carbocycles. The van der Waals surface area contributed by atoms with Crippen LogP contribution in [0.25, 0.3) is 0 Å². The van der Waals surface area contributed by atoms with Crippen molar-refractivity contribution in [2.45, 2.75) is 64.6 Å². The average molecular weight is 268 g/mol. The van der Waals surface area contributed by atoms with E-state index < -0.39 is 0 Å². The van der Waals surface area contributed by atoms with E-state index in [4.69, 9.17) is 9.72 Å². The zero-order valence-electron chi connectivity index (χ0n) is 11.8. The number of aryl methyl sites for hydroxylation is 1. The lowest BCUT2D eigenvalue weighted by Crippen LogP contribution is -2.51. The summed E-state index contributed by atoms with van der Waals surface area (Å²) in [5.41, 5.74) is 1.14. The summed E-state index contributed by atoms with van der Waals surface area (Å²) in [6.07, 6.45) is 3.49. The predicted molar refractivity (Wildman–Crippen MR) is 76.1 cm³/mol. The van der Waals surface area contributed by atoms with Crippen molar-refractivity contribution in [3.05, 3.63) is 16.1 Å². The van der Waals surface area contributed by atoms with Crippen LogP contribution in [0.5, 0.6) is 0 Å². The van der Waals surface area contributed by atoms with Crippen LogP contribution in [-0.2, 0) is 10.3 Å². The van der Waals surface area contributed by atoms with Gasteiger partial charge in [-0.3, -0.25) is 0 Å². The molecule has 2 heterocycles. The van der Waals surface area contributed by atoms with Gasteiger partial charge in [0.05, 0.1) is 11.6 Å². The number of nitrogens with zero attached hydrogens (tertiary/aromatic N) is 1. The second-order valence-corrected chi connectivity index (χ2v) is 6.39. The Kier molecular flexibility index (Phi) is 4.41. The van der Waals surface area contributed by atoms with Gasteiger partial charge in [0.15, 0.2) is 0 Å². The highest BCUT2D eigenvalue weighted by molar-refractivity contribution is 7.09. The Bertz CT molecular complexity index is 391. The van der Waals surface area contributed by atoms with Crippen LogP contribution < -0.4 is 5.32 Å². The number of rotatable bonds is 4. The second kappa shape index (κ2) is 5.68. The lowest BCUT2D eigenvalue weighted by atomic mass is 9.85. The third-order valence-electron chi connectivity index (χ3n) is 3.51. The fourth-order valence-corrected chi connectivity index (χ4v) is 3.73. The summed E-state index contributed by atoms with van der Waals surface area (Å²) in [5, 5.41) is 7.14. The Hall–Kier alpha value is -0.450. The number of hydrogen-bond donors (Lipinski definition) is 1. The molecule has 3 nitrogen and oxygen atoms in total. The molecule has 0 saturated carbocycles. The van der Waals surface area contributed by atoms with E-state index in [2.05, 4.69) is 38.4 Å². The molecule has 0 bridgehead atoms. The smallest absolute Gasteiger partial charge is 0.113 e. The molecule has 2 unspecified atom stereocenters. The molecule has 2 atom stereocenters. The first-order valence-electron chi connectivity index (χ1n) is 6.87. The molecule has 1 N–H and O–H groups in total. The molecule has 0 amide bonds. The van der Waals surface area contributed by atoms with Gasteiger partial charge < -0.3 is 10.1 Å². The van der Waals surface area contributed by atoms with Crippen LogP contribution in [0.1, 0.15) is 50.7 Å². The SMILES string of the molecule is CCC1CC(NC(C)C)(c2nc(C)cs2)CCO1. The molecule has 0 aliphatic carbocycles. The largest absolute Gasteiger partial charge is 0.378 e. The normalized spacial score (nSPS) is 28.8. The van der Waals surface area contributed by atoms with Gasteiger partial charge in [0, 0.05) is 23.7 Å². The maximum Gasteiger partial charge on any atom is 0.113 e. The van der Waals surface area contributed by atoms with Gasteiger partial charge in [0.2, 0.25) is 0 Å². The molecule has 1 fully saturated rings. The molecule has 1 aliphatic heterocycles. The Morgan fingerprint density at radius 3 is 2.94 bits per heavy atom. The van der Waals surface area contributed by atoms with E-state index in [-0.39, 0.29) is 5.54 Å². The molecule has 18 heavy (non-hydrogen) atoms. The van der Waals surface area contributed by atoms with Crippen molar-refractivity contribution in [3.63, 3.8) is 0 Å². The van der Waals surface area contributed by atoms with Crippen LogP contribution in [0.2, 0.25) is 0 Å². The molecule has 102 valence electrons. The van der Waals surface area contributed by atoms with Crippen molar-refractivity contribution in [3.8, 4) is 0 Å². The van der Waals surface area contributed by atoms with Crippen LogP contribution in [0.15, 0.2) is 5.38 Å². The van der Waals surface area contributed by atoms with E-state index in [1.165, 1.54) is 5.01 Å². The first-order valence-corrected chi connectivity index (χ1v) is 7.75. The quantitative estimate of drug-likeness (QED) is 0.910. The van der Waals surface area contributed by atoms with E-state index >= 15 is 0 Å². The maximum absolute atomic E-state index is 5.83. The molecule has 1 aromatic heterocycles. The molecule has 4 heteroatoms. The highest BCUT2D eigenvalue weighted by atomic mass is 32.1. The predicted octanol–water partition coefficient (Wildman–Crippen LogP) is 3.23. The Morgan fingerprint density at radius 1 is 1.61 bits per heavy atom. The minimum absolute atomic E-state index is 0.0199. The highest BCUT2D eigenvalue weighted by Crippen LogP contribution is 2.37. The van der Waals surface area contributed by atoms with E-state index in [9.17, 15) is 0 Å². The highest BCUT2D eigenvalue weighted by Gasteiger charge is 2.40. The van der Waals surface area contributed by atoms with Gasteiger partial charge in [-0.1, -0.05) is 6.92 Å². The van der Waals surface area contributed by atoms with Crippen molar-refractivity contribution >= 4 is 11.3 Å². The molecule has 1 aromatic rings. The minimum atomic E-state index is 0.0199. The molecule has 2 rings (SSSR count). The van der Waals surface area contributed by atoms with Crippen LogP contribution in [-0.4, -0.2) is 23.7 Å². The van der Waals surface area contributed by atoms with Crippen molar-refractivity contribution in [2.24, 2.45) is 0 Å². The maximum atomic E-state index is 5.83. The second-order valence-electron chi connectivity index (χ2n) is 5.53. The zero-order chi connectivity index (χ0) is 13.2. The zero-order valence-corrected chi connectivity index (χ0v) is 12.6. The van der Waals surface area contributed by atoms with E-state index in [1.54, 1.807) is 11.3 Å². The van der Waals surface area contributed by atoms with E-state index in [0.717, 1.165) is 31.6 Å². The van der Waals surface area contributed by atoms with Crippen LogP contribution in [0.4, 0.5) is 0 Å². The minimum Gasteiger partial charge on any atom is -0.378 e. The van der Waals surface area contributed by atoms with Crippen LogP contribution in [0.3, 0.4) is 0 Å². The number of thiazole rings is 1. The number of aromatic nitrogens is 1. The van der Waals surface area contributed by atoms with Gasteiger partial charge in [-0.2, -0.15) is 0 Å². The summed E-state index contributed by atoms with van der Waals surface area (Å²) >= 11 is 1.78. The summed E-state index contributed by atoms with van der Waals surface area (Å²) in [6.45, 7) is 9.51. The number of nitrogens with one attached hydrogen (secondary N) is 1.